The summed E-state index contributed by atoms with van der Waals surface area (Å²) in [5.74, 6) is 0.631. The number of rotatable bonds is 7. The Morgan fingerprint density at radius 1 is 1.37 bits per heavy atom. The Bertz CT molecular complexity index is 416. The minimum Gasteiger partial charge on any atom is -0.483 e. The van der Waals surface area contributed by atoms with E-state index in [0.717, 1.165) is 24.2 Å². The molecule has 4 heteroatoms. The van der Waals surface area contributed by atoms with Gasteiger partial charge in [0.05, 0.1) is 0 Å². The predicted octanol–water partition coefficient (Wildman–Crippen LogP) is 1.87. The van der Waals surface area contributed by atoms with E-state index in [1.54, 1.807) is 0 Å². The first kappa shape index (κ1) is 15.5. The van der Waals surface area contributed by atoms with Crippen LogP contribution in [-0.2, 0) is 11.2 Å². The molecule has 4 nitrogen and oxygen atoms in total. The van der Waals surface area contributed by atoms with Crippen LogP contribution in [0.15, 0.2) is 24.3 Å². The quantitative estimate of drug-likeness (QED) is 0.790. The van der Waals surface area contributed by atoms with Crippen LogP contribution in [0.1, 0.15) is 32.8 Å². The Morgan fingerprint density at radius 3 is 2.68 bits per heavy atom. The molecular formula is C15H24N2O2. The fourth-order valence-corrected chi connectivity index (χ4v) is 1.65. The van der Waals surface area contributed by atoms with Crippen molar-refractivity contribution in [2.45, 2.75) is 39.2 Å². The number of ether oxygens (including phenoxy) is 1. The zero-order valence-electron chi connectivity index (χ0n) is 12.0. The van der Waals surface area contributed by atoms with Crippen molar-refractivity contribution < 1.29 is 9.53 Å². The second-order valence-corrected chi connectivity index (χ2v) is 5.22. The average Bonchev–Trinajstić information content (AvgIpc) is 2.38. The van der Waals surface area contributed by atoms with Crippen LogP contribution in [0.25, 0.3) is 0 Å². The van der Waals surface area contributed by atoms with Crippen molar-refractivity contribution >= 4 is 5.91 Å². The molecule has 0 spiro atoms. The third kappa shape index (κ3) is 5.30. The number of para-hydroxylation sites is 1. The molecule has 1 aromatic carbocycles. The van der Waals surface area contributed by atoms with Gasteiger partial charge in [0.25, 0.3) is 5.91 Å². The summed E-state index contributed by atoms with van der Waals surface area (Å²) in [4.78, 5) is 11.8. The van der Waals surface area contributed by atoms with Crippen molar-refractivity contribution in [1.29, 1.82) is 0 Å². The number of benzene rings is 1. The van der Waals surface area contributed by atoms with Crippen LogP contribution in [0, 0.1) is 0 Å². The lowest BCUT2D eigenvalue weighted by Crippen LogP contribution is -2.44. The molecule has 0 unspecified atom stereocenters. The number of hydrogen-bond acceptors (Lipinski definition) is 3. The van der Waals surface area contributed by atoms with Gasteiger partial charge in [0, 0.05) is 5.54 Å². The van der Waals surface area contributed by atoms with Crippen molar-refractivity contribution in [3.05, 3.63) is 29.8 Å². The van der Waals surface area contributed by atoms with Gasteiger partial charge in [-0.2, -0.15) is 0 Å². The zero-order chi connectivity index (χ0) is 14.3. The molecule has 0 heterocycles. The molecule has 19 heavy (non-hydrogen) atoms. The molecule has 1 aromatic rings. The first-order valence-corrected chi connectivity index (χ1v) is 6.70. The van der Waals surface area contributed by atoms with E-state index in [1.807, 2.05) is 45.0 Å². The van der Waals surface area contributed by atoms with Gasteiger partial charge in [0.1, 0.15) is 5.75 Å². The lowest BCUT2D eigenvalue weighted by molar-refractivity contribution is -0.124. The van der Waals surface area contributed by atoms with Crippen molar-refractivity contribution in [3.8, 4) is 5.75 Å². The number of amides is 1. The minimum absolute atomic E-state index is 0.0328. The molecule has 0 radical (unpaired) electrons. The van der Waals surface area contributed by atoms with Crippen LogP contribution in [-0.4, -0.2) is 24.6 Å². The maximum absolute atomic E-state index is 11.8. The van der Waals surface area contributed by atoms with E-state index < -0.39 is 0 Å². The summed E-state index contributed by atoms with van der Waals surface area (Å²) >= 11 is 0. The third-order valence-electron chi connectivity index (χ3n) is 3.11. The summed E-state index contributed by atoms with van der Waals surface area (Å²) in [6, 6.07) is 7.67. The molecule has 0 saturated heterocycles. The monoisotopic (exact) mass is 264 g/mol. The largest absolute Gasteiger partial charge is 0.483 e. The van der Waals surface area contributed by atoms with Gasteiger partial charge in [-0.1, -0.05) is 25.1 Å². The van der Waals surface area contributed by atoms with E-state index in [1.165, 1.54) is 0 Å². The molecule has 0 aliphatic heterocycles. The summed E-state index contributed by atoms with van der Waals surface area (Å²) in [5.41, 5.74) is 6.39. The molecule has 0 aromatic heterocycles. The van der Waals surface area contributed by atoms with Gasteiger partial charge in [-0.05, 0) is 44.9 Å². The highest BCUT2D eigenvalue weighted by Crippen LogP contribution is 2.18. The fraction of sp³-hybridized carbons (Fsp3) is 0.533. The third-order valence-corrected chi connectivity index (χ3v) is 3.11. The van der Waals surface area contributed by atoms with E-state index >= 15 is 0 Å². The number of hydrogen-bond donors (Lipinski definition) is 2. The van der Waals surface area contributed by atoms with Gasteiger partial charge < -0.3 is 15.8 Å². The molecule has 0 saturated carbocycles. The van der Waals surface area contributed by atoms with E-state index in [0.29, 0.717) is 6.54 Å². The summed E-state index contributed by atoms with van der Waals surface area (Å²) in [6.07, 6.45) is 1.63. The molecule has 1 rings (SSSR count). The number of nitrogens with one attached hydrogen (secondary N) is 1. The van der Waals surface area contributed by atoms with E-state index in [2.05, 4.69) is 5.32 Å². The molecular weight excluding hydrogens is 240 g/mol. The molecule has 0 aliphatic rings. The highest BCUT2D eigenvalue weighted by Gasteiger charge is 2.18. The molecule has 106 valence electrons. The summed E-state index contributed by atoms with van der Waals surface area (Å²) in [7, 11) is 0. The maximum Gasteiger partial charge on any atom is 0.258 e. The Morgan fingerprint density at radius 2 is 2.05 bits per heavy atom. The van der Waals surface area contributed by atoms with Crippen LogP contribution < -0.4 is 15.8 Å². The van der Waals surface area contributed by atoms with Crippen molar-refractivity contribution in [2.24, 2.45) is 5.73 Å². The molecule has 0 atom stereocenters. The first-order chi connectivity index (χ1) is 8.98. The zero-order valence-corrected chi connectivity index (χ0v) is 12.0. The lowest BCUT2D eigenvalue weighted by atomic mass is 10.0. The Hall–Kier alpha value is -1.55. The SMILES string of the molecule is CCC(C)(C)NC(=O)COc1ccccc1CCN. The Kier molecular flexibility index (Phi) is 5.83. The Balaban J connectivity index is 2.55. The van der Waals surface area contributed by atoms with Crippen molar-refractivity contribution in [3.63, 3.8) is 0 Å². The molecule has 1 amide bonds. The molecule has 3 N–H and O–H groups in total. The van der Waals surface area contributed by atoms with Crippen LogP contribution in [0.5, 0.6) is 5.75 Å². The highest BCUT2D eigenvalue weighted by molar-refractivity contribution is 5.78. The summed E-state index contributed by atoms with van der Waals surface area (Å²) in [5, 5.41) is 2.94. The Labute approximate surface area is 115 Å². The van der Waals surface area contributed by atoms with Gasteiger partial charge in [-0.15, -0.1) is 0 Å². The lowest BCUT2D eigenvalue weighted by Gasteiger charge is -2.24. The van der Waals surface area contributed by atoms with Crippen LogP contribution in [0.4, 0.5) is 0 Å². The predicted molar refractivity (Wildman–Crippen MR) is 77.2 cm³/mol. The van der Waals surface area contributed by atoms with Crippen LogP contribution in [0.3, 0.4) is 0 Å². The number of carbonyl (C=O) groups is 1. The van der Waals surface area contributed by atoms with E-state index in [-0.39, 0.29) is 18.1 Å². The van der Waals surface area contributed by atoms with E-state index in [4.69, 9.17) is 10.5 Å². The summed E-state index contributed by atoms with van der Waals surface area (Å²) < 4.78 is 5.57. The second-order valence-electron chi connectivity index (χ2n) is 5.22. The normalized spacial score (nSPS) is 11.2. The first-order valence-electron chi connectivity index (χ1n) is 6.70. The highest BCUT2D eigenvalue weighted by atomic mass is 16.5. The minimum atomic E-state index is -0.197. The topological polar surface area (TPSA) is 64.3 Å². The van der Waals surface area contributed by atoms with Crippen molar-refractivity contribution in [2.75, 3.05) is 13.2 Å². The van der Waals surface area contributed by atoms with Crippen molar-refractivity contribution in [1.82, 2.24) is 5.32 Å². The van der Waals surface area contributed by atoms with Gasteiger partial charge in [0.15, 0.2) is 6.61 Å². The second kappa shape index (κ2) is 7.14. The molecule has 0 fully saturated rings. The average molecular weight is 264 g/mol. The fourth-order valence-electron chi connectivity index (χ4n) is 1.65. The van der Waals surface area contributed by atoms with Gasteiger partial charge in [-0.25, -0.2) is 0 Å². The molecule has 0 bridgehead atoms. The van der Waals surface area contributed by atoms with Gasteiger partial charge in [-0.3, -0.25) is 4.79 Å². The maximum atomic E-state index is 11.8. The van der Waals surface area contributed by atoms with Gasteiger partial charge >= 0.3 is 0 Å². The smallest absolute Gasteiger partial charge is 0.258 e. The van der Waals surface area contributed by atoms with Crippen LogP contribution >= 0.6 is 0 Å². The number of carbonyl (C=O) groups excluding carboxylic acids is 1. The van der Waals surface area contributed by atoms with E-state index in [9.17, 15) is 4.79 Å². The van der Waals surface area contributed by atoms with Gasteiger partial charge in [0.2, 0.25) is 0 Å². The van der Waals surface area contributed by atoms with Crippen LogP contribution in [0.2, 0.25) is 0 Å². The number of nitrogens with two attached hydrogens (primary N) is 1. The molecule has 0 aliphatic carbocycles. The summed E-state index contributed by atoms with van der Waals surface area (Å²) in [6.45, 7) is 6.62. The standard InChI is InChI=1S/C15H24N2O2/c1-4-15(2,3)17-14(18)11-19-13-8-6-5-7-12(13)9-10-16/h5-8H,4,9-11,16H2,1-3H3,(H,17,18).